The molecule has 0 saturated carbocycles. The van der Waals surface area contributed by atoms with Crippen LogP contribution in [-0.2, 0) is 6.61 Å². The summed E-state index contributed by atoms with van der Waals surface area (Å²) in [5, 5.41) is 1.95. The van der Waals surface area contributed by atoms with E-state index in [-0.39, 0.29) is 12.6 Å². The van der Waals surface area contributed by atoms with E-state index in [1.54, 1.807) is 12.4 Å². The van der Waals surface area contributed by atoms with Gasteiger partial charge in [0.25, 0.3) is 0 Å². The van der Waals surface area contributed by atoms with Crippen molar-refractivity contribution in [3.8, 4) is 11.4 Å². The number of fused-ring (bicyclic) bond motifs is 1. The molecule has 1 aliphatic rings. The monoisotopic (exact) mass is 496 g/mol. The Morgan fingerprint density at radius 3 is 2.82 bits per heavy atom. The molecule has 0 amide bonds. The van der Waals surface area contributed by atoms with Crippen LogP contribution in [0.3, 0.4) is 0 Å². The van der Waals surface area contributed by atoms with E-state index in [0.29, 0.717) is 33.7 Å². The number of ether oxygens (including phenoxy) is 1. The number of pyridine rings is 2. The predicted octanol–water partition coefficient (Wildman–Crippen LogP) is 5.25. The molecule has 5 rings (SSSR count). The molecule has 1 fully saturated rings. The van der Waals surface area contributed by atoms with Crippen molar-refractivity contribution in [2.75, 3.05) is 18.0 Å². The van der Waals surface area contributed by atoms with Crippen LogP contribution in [0, 0.1) is 13.8 Å². The number of imidazole rings is 1. The third-order valence-corrected chi connectivity index (χ3v) is 7.06. The fourth-order valence-electron chi connectivity index (χ4n) is 4.61. The van der Waals surface area contributed by atoms with E-state index in [1.165, 1.54) is 0 Å². The zero-order chi connectivity index (χ0) is 23.8. The second kappa shape index (κ2) is 9.41. The number of halogens is 2. The molecular formula is C25H26Cl2N6O. The summed E-state index contributed by atoms with van der Waals surface area (Å²) < 4.78 is 8.32. The predicted molar refractivity (Wildman–Crippen MR) is 136 cm³/mol. The van der Waals surface area contributed by atoms with Crippen LogP contribution in [-0.4, -0.2) is 38.7 Å². The molecule has 34 heavy (non-hydrogen) atoms. The lowest BCUT2D eigenvalue weighted by molar-refractivity contribution is 0.309. The lowest BCUT2D eigenvalue weighted by Gasteiger charge is -2.26. The number of nitrogens with zero attached hydrogens (tertiary/aromatic N) is 5. The number of benzene rings is 1. The highest BCUT2D eigenvalue weighted by atomic mass is 35.5. The van der Waals surface area contributed by atoms with Gasteiger partial charge in [-0.1, -0.05) is 35.3 Å². The summed E-state index contributed by atoms with van der Waals surface area (Å²) in [6.07, 6.45) is 7.47. The lowest BCUT2D eigenvalue weighted by atomic mass is 10.1. The van der Waals surface area contributed by atoms with E-state index >= 15 is 0 Å². The van der Waals surface area contributed by atoms with Crippen LogP contribution in [0.25, 0.3) is 16.6 Å². The maximum absolute atomic E-state index is 6.80. The van der Waals surface area contributed by atoms with Crippen molar-refractivity contribution < 1.29 is 4.74 Å². The summed E-state index contributed by atoms with van der Waals surface area (Å²) in [5.74, 6) is 2.27. The summed E-state index contributed by atoms with van der Waals surface area (Å²) in [5.41, 5.74) is 9.32. The molecule has 1 aromatic carbocycles. The molecule has 4 aromatic rings. The van der Waals surface area contributed by atoms with Gasteiger partial charge in [0, 0.05) is 54.4 Å². The number of hydrogen-bond donors (Lipinski definition) is 1. The quantitative estimate of drug-likeness (QED) is 0.392. The van der Waals surface area contributed by atoms with E-state index in [1.807, 2.05) is 48.9 Å². The van der Waals surface area contributed by atoms with Crippen LogP contribution in [0.15, 0.2) is 42.9 Å². The van der Waals surface area contributed by atoms with Crippen molar-refractivity contribution in [2.45, 2.75) is 39.3 Å². The number of rotatable bonds is 6. The van der Waals surface area contributed by atoms with Gasteiger partial charge in [0.05, 0.1) is 15.7 Å². The van der Waals surface area contributed by atoms with E-state index in [9.17, 15) is 0 Å². The van der Waals surface area contributed by atoms with Gasteiger partial charge in [0.1, 0.15) is 29.5 Å². The summed E-state index contributed by atoms with van der Waals surface area (Å²) in [6.45, 7) is 5.58. The van der Waals surface area contributed by atoms with E-state index in [2.05, 4.69) is 14.9 Å². The average Bonchev–Trinajstić information content (AvgIpc) is 3.47. The highest BCUT2D eigenvalue weighted by molar-refractivity contribution is 6.37. The van der Waals surface area contributed by atoms with Crippen LogP contribution in [0.2, 0.25) is 10.0 Å². The van der Waals surface area contributed by atoms with Crippen molar-refractivity contribution in [2.24, 2.45) is 5.73 Å². The highest BCUT2D eigenvalue weighted by Crippen LogP contribution is 2.37. The van der Waals surface area contributed by atoms with Gasteiger partial charge >= 0.3 is 0 Å². The number of para-hydroxylation sites is 1. The Balaban J connectivity index is 1.50. The molecule has 0 radical (unpaired) electrons. The number of hydrogen-bond acceptors (Lipinski definition) is 6. The first-order chi connectivity index (χ1) is 16.5. The molecular weight excluding hydrogens is 471 g/mol. The van der Waals surface area contributed by atoms with Gasteiger partial charge in [0.2, 0.25) is 0 Å². The van der Waals surface area contributed by atoms with Crippen LogP contribution in [0.5, 0.6) is 5.75 Å². The maximum atomic E-state index is 6.80. The van der Waals surface area contributed by atoms with Gasteiger partial charge in [-0.05, 0) is 38.8 Å². The number of anilines is 1. The molecule has 2 N–H and O–H groups in total. The SMILES string of the molecule is Cc1cc(-n2ccnc2C)c2cccc(OCc3c(Cl)cnc(N4CCC[C@H]4CN)c3Cl)c2n1. The number of nitrogens with two attached hydrogens (primary N) is 1. The van der Waals surface area contributed by atoms with E-state index in [0.717, 1.165) is 47.5 Å². The highest BCUT2D eigenvalue weighted by Gasteiger charge is 2.28. The standard InChI is InChI=1S/C25H26Cl2N6O/c1-15-11-21(32-10-8-29-16(32)2)18-6-3-7-22(24(18)31-15)34-14-19-20(26)13-30-25(23(19)27)33-9-4-5-17(33)12-28/h3,6-8,10-11,13,17H,4-5,9,12,14,28H2,1-2H3/t17-/m0/s1. The Labute approximate surface area is 208 Å². The first kappa shape index (κ1) is 22.9. The fraction of sp³-hybridized carbons (Fsp3) is 0.320. The van der Waals surface area contributed by atoms with Gasteiger partial charge in [-0.25, -0.2) is 15.0 Å². The van der Waals surface area contributed by atoms with Gasteiger partial charge in [-0.3, -0.25) is 0 Å². The van der Waals surface area contributed by atoms with Gasteiger partial charge < -0.3 is 19.9 Å². The molecule has 1 saturated heterocycles. The van der Waals surface area contributed by atoms with Crippen LogP contribution >= 0.6 is 23.2 Å². The van der Waals surface area contributed by atoms with E-state index in [4.69, 9.17) is 38.7 Å². The van der Waals surface area contributed by atoms with Crippen molar-refractivity contribution in [1.82, 2.24) is 19.5 Å². The zero-order valence-corrected chi connectivity index (χ0v) is 20.6. The van der Waals surface area contributed by atoms with E-state index < -0.39 is 0 Å². The first-order valence-electron chi connectivity index (χ1n) is 11.3. The Hall–Kier alpha value is -2.87. The Morgan fingerprint density at radius 2 is 2.06 bits per heavy atom. The Bertz CT molecular complexity index is 1350. The smallest absolute Gasteiger partial charge is 0.148 e. The van der Waals surface area contributed by atoms with Crippen molar-refractivity contribution in [3.63, 3.8) is 0 Å². The minimum absolute atomic E-state index is 0.197. The number of aromatic nitrogens is 4. The number of aryl methyl sites for hydroxylation is 2. The summed E-state index contributed by atoms with van der Waals surface area (Å²) in [6, 6.07) is 8.19. The Morgan fingerprint density at radius 1 is 1.21 bits per heavy atom. The van der Waals surface area contributed by atoms with Crippen molar-refractivity contribution in [3.05, 3.63) is 70.0 Å². The molecule has 4 heterocycles. The molecule has 9 heteroatoms. The van der Waals surface area contributed by atoms with Crippen LogP contribution in [0.1, 0.15) is 29.9 Å². The molecule has 1 aliphatic heterocycles. The molecule has 0 bridgehead atoms. The van der Waals surface area contributed by atoms with Gasteiger partial charge in [-0.15, -0.1) is 0 Å². The van der Waals surface area contributed by atoms with Crippen molar-refractivity contribution >= 4 is 39.9 Å². The molecule has 0 unspecified atom stereocenters. The Kier molecular flexibility index (Phi) is 6.34. The molecule has 1 atom stereocenters. The molecule has 0 aliphatic carbocycles. The lowest BCUT2D eigenvalue weighted by Crippen LogP contribution is -2.36. The molecule has 3 aromatic heterocycles. The normalized spacial score (nSPS) is 15.9. The van der Waals surface area contributed by atoms with Crippen LogP contribution in [0.4, 0.5) is 5.82 Å². The van der Waals surface area contributed by atoms with Gasteiger partial charge in [0.15, 0.2) is 0 Å². The minimum atomic E-state index is 0.197. The second-order valence-corrected chi connectivity index (χ2v) is 9.30. The summed E-state index contributed by atoms with van der Waals surface area (Å²) in [7, 11) is 0. The summed E-state index contributed by atoms with van der Waals surface area (Å²) in [4.78, 5) is 15.8. The largest absolute Gasteiger partial charge is 0.487 e. The fourth-order valence-corrected chi connectivity index (χ4v) is 5.17. The second-order valence-electron chi connectivity index (χ2n) is 8.52. The molecule has 7 nitrogen and oxygen atoms in total. The zero-order valence-electron chi connectivity index (χ0n) is 19.1. The third kappa shape index (κ3) is 4.08. The molecule has 176 valence electrons. The summed E-state index contributed by atoms with van der Waals surface area (Å²) >= 11 is 13.3. The molecule has 0 spiro atoms. The third-order valence-electron chi connectivity index (χ3n) is 6.34. The topological polar surface area (TPSA) is 82.1 Å². The first-order valence-corrected chi connectivity index (χ1v) is 12.1. The maximum Gasteiger partial charge on any atom is 0.148 e. The average molecular weight is 497 g/mol. The minimum Gasteiger partial charge on any atom is -0.487 e. The van der Waals surface area contributed by atoms with Gasteiger partial charge in [-0.2, -0.15) is 0 Å². The van der Waals surface area contributed by atoms with Crippen molar-refractivity contribution in [1.29, 1.82) is 0 Å². The van der Waals surface area contributed by atoms with Crippen LogP contribution < -0.4 is 15.4 Å².